The fraction of sp³-hybridized carbons (Fsp3) is 0.273. The summed E-state index contributed by atoms with van der Waals surface area (Å²) in [5.74, 6) is 1.86. The van der Waals surface area contributed by atoms with E-state index in [1.54, 1.807) is 0 Å². The number of rotatable bonds is 6. The average molecular weight is 483 g/mol. The van der Waals surface area contributed by atoms with Crippen LogP contribution in [0.3, 0.4) is 0 Å². The topological polar surface area (TPSA) is 92.3 Å². The summed E-state index contributed by atoms with van der Waals surface area (Å²) in [5.41, 5.74) is 1.49. The van der Waals surface area contributed by atoms with Crippen molar-refractivity contribution >= 4 is 45.1 Å². The predicted octanol–water partition coefficient (Wildman–Crippen LogP) is 4.38. The normalized spacial score (nSPS) is 14.2. The Bertz CT molecular complexity index is 1040. The van der Waals surface area contributed by atoms with E-state index in [2.05, 4.69) is 46.4 Å². The van der Waals surface area contributed by atoms with Crippen LogP contribution in [-0.4, -0.2) is 40.1 Å². The Balaban J connectivity index is 1.35. The van der Waals surface area contributed by atoms with E-state index in [9.17, 15) is 4.79 Å². The van der Waals surface area contributed by atoms with Gasteiger partial charge in [-0.15, -0.1) is 0 Å². The molecule has 2 heterocycles. The van der Waals surface area contributed by atoms with Crippen LogP contribution < -0.4 is 20.3 Å². The number of amides is 1. The number of carbonyl (C=O) groups excluding carboxylic acids is 1. The van der Waals surface area contributed by atoms with Gasteiger partial charge in [-0.3, -0.25) is 4.79 Å². The standard InChI is InChI=1S/C22H23BrN6O2/c1-15(30)26-17-3-2-4-18(13-17)27-21-24-14-25-22(28-21)29-11-9-20(10-12-29)31-19-7-5-16(23)6-8-19/h2-8,13-14,20H,9-12H2,1H3,(H,26,30)(H,24,25,27,28). The smallest absolute Gasteiger partial charge is 0.231 e. The van der Waals surface area contributed by atoms with Gasteiger partial charge in [-0.2, -0.15) is 4.98 Å². The molecule has 3 aromatic rings. The molecule has 160 valence electrons. The SMILES string of the molecule is CC(=O)Nc1cccc(Nc2ncnc(N3CCC(Oc4ccc(Br)cc4)CC3)n2)c1. The molecule has 0 unspecified atom stereocenters. The third kappa shape index (κ3) is 5.91. The van der Waals surface area contributed by atoms with Crippen LogP contribution in [0.2, 0.25) is 0 Å². The Morgan fingerprint density at radius 1 is 1.10 bits per heavy atom. The second kappa shape index (κ2) is 9.74. The van der Waals surface area contributed by atoms with Crippen LogP contribution in [0.5, 0.6) is 5.75 Å². The van der Waals surface area contributed by atoms with Crippen molar-refractivity contribution in [2.45, 2.75) is 25.9 Å². The molecule has 31 heavy (non-hydrogen) atoms. The van der Waals surface area contributed by atoms with Gasteiger partial charge in [0.25, 0.3) is 0 Å². The van der Waals surface area contributed by atoms with Crippen LogP contribution >= 0.6 is 15.9 Å². The summed E-state index contributed by atoms with van der Waals surface area (Å²) in [6, 6.07) is 15.3. The lowest BCUT2D eigenvalue weighted by molar-refractivity contribution is -0.114. The van der Waals surface area contributed by atoms with Gasteiger partial charge in [-0.25, -0.2) is 9.97 Å². The van der Waals surface area contributed by atoms with Gasteiger partial charge in [-0.1, -0.05) is 22.0 Å². The Kier molecular flexibility index (Phi) is 6.61. The number of nitrogens with one attached hydrogen (secondary N) is 2. The van der Waals surface area contributed by atoms with Gasteiger partial charge in [0.1, 0.15) is 18.2 Å². The van der Waals surface area contributed by atoms with Crippen molar-refractivity contribution in [3.63, 3.8) is 0 Å². The van der Waals surface area contributed by atoms with Gasteiger partial charge in [-0.05, 0) is 42.5 Å². The molecule has 2 N–H and O–H groups in total. The van der Waals surface area contributed by atoms with Crippen molar-refractivity contribution in [1.29, 1.82) is 0 Å². The third-order valence-electron chi connectivity index (χ3n) is 4.84. The maximum absolute atomic E-state index is 11.3. The van der Waals surface area contributed by atoms with Gasteiger partial charge in [0.2, 0.25) is 17.8 Å². The molecular weight excluding hydrogens is 460 g/mol. The minimum atomic E-state index is -0.118. The van der Waals surface area contributed by atoms with E-state index in [0.717, 1.165) is 41.8 Å². The number of hydrogen-bond donors (Lipinski definition) is 2. The van der Waals surface area contributed by atoms with E-state index in [0.29, 0.717) is 17.6 Å². The fourth-order valence-corrected chi connectivity index (χ4v) is 3.65. The first-order valence-corrected chi connectivity index (χ1v) is 10.9. The molecule has 1 aliphatic rings. The van der Waals surface area contributed by atoms with Crippen molar-refractivity contribution in [2.75, 3.05) is 28.6 Å². The highest BCUT2D eigenvalue weighted by Gasteiger charge is 2.22. The summed E-state index contributed by atoms with van der Waals surface area (Å²) >= 11 is 3.44. The molecule has 0 saturated carbocycles. The highest BCUT2D eigenvalue weighted by Crippen LogP contribution is 2.24. The van der Waals surface area contributed by atoms with Crippen LogP contribution in [0.1, 0.15) is 19.8 Å². The van der Waals surface area contributed by atoms with E-state index in [-0.39, 0.29) is 12.0 Å². The quantitative estimate of drug-likeness (QED) is 0.538. The molecule has 1 saturated heterocycles. The zero-order valence-electron chi connectivity index (χ0n) is 17.1. The molecule has 0 aliphatic carbocycles. The molecule has 1 aromatic heterocycles. The van der Waals surface area contributed by atoms with Crippen LogP contribution in [0.15, 0.2) is 59.3 Å². The summed E-state index contributed by atoms with van der Waals surface area (Å²) in [7, 11) is 0. The number of ether oxygens (including phenoxy) is 1. The molecule has 4 rings (SSSR count). The molecule has 8 nitrogen and oxygen atoms in total. The molecule has 9 heteroatoms. The highest BCUT2D eigenvalue weighted by atomic mass is 79.9. The lowest BCUT2D eigenvalue weighted by Crippen LogP contribution is -2.39. The molecule has 1 fully saturated rings. The second-order valence-electron chi connectivity index (χ2n) is 7.25. The van der Waals surface area contributed by atoms with Crippen molar-refractivity contribution < 1.29 is 9.53 Å². The fourth-order valence-electron chi connectivity index (χ4n) is 3.39. The van der Waals surface area contributed by atoms with Gasteiger partial charge < -0.3 is 20.3 Å². The Morgan fingerprint density at radius 3 is 2.58 bits per heavy atom. The van der Waals surface area contributed by atoms with Crippen molar-refractivity contribution in [2.24, 2.45) is 0 Å². The van der Waals surface area contributed by atoms with Gasteiger partial charge in [0.15, 0.2) is 0 Å². The van der Waals surface area contributed by atoms with Gasteiger partial charge in [0, 0.05) is 48.7 Å². The Hall–Kier alpha value is -3.20. The lowest BCUT2D eigenvalue weighted by atomic mass is 10.1. The van der Waals surface area contributed by atoms with E-state index >= 15 is 0 Å². The number of aromatic nitrogens is 3. The number of anilines is 4. The lowest BCUT2D eigenvalue weighted by Gasteiger charge is -2.32. The number of halogens is 1. The summed E-state index contributed by atoms with van der Waals surface area (Å²) in [4.78, 5) is 26.5. The Labute approximate surface area is 189 Å². The van der Waals surface area contributed by atoms with Crippen LogP contribution in [0, 0.1) is 0 Å². The first-order chi connectivity index (χ1) is 15.0. The molecule has 1 amide bonds. The Morgan fingerprint density at radius 2 is 1.84 bits per heavy atom. The van der Waals surface area contributed by atoms with Crippen LogP contribution in [0.4, 0.5) is 23.3 Å². The maximum Gasteiger partial charge on any atom is 0.231 e. The third-order valence-corrected chi connectivity index (χ3v) is 5.37. The number of carbonyl (C=O) groups is 1. The first-order valence-electron chi connectivity index (χ1n) is 10.1. The summed E-state index contributed by atoms with van der Waals surface area (Å²) in [5, 5.41) is 5.94. The maximum atomic E-state index is 11.3. The monoisotopic (exact) mass is 482 g/mol. The number of piperidine rings is 1. The molecule has 1 aliphatic heterocycles. The van der Waals surface area contributed by atoms with Crippen LogP contribution in [-0.2, 0) is 4.79 Å². The minimum absolute atomic E-state index is 0.118. The number of nitrogens with zero attached hydrogens (tertiary/aromatic N) is 4. The molecule has 0 radical (unpaired) electrons. The van der Waals surface area contributed by atoms with E-state index in [1.807, 2.05) is 48.5 Å². The highest BCUT2D eigenvalue weighted by molar-refractivity contribution is 9.10. The first kappa shape index (κ1) is 21.0. The second-order valence-corrected chi connectivity index (χ2v) is 8.17. The summed E-state index contributed by atoms with van der Waals surface area (Å²) < 4.78 is 7.13. The molecule has 0 bridgehead atoms. The van der Waals surface area contributed by atoms with E-state index < -0.39 is 0 Å². The zero-order chi connectivity index (χ0) is 21.6. The summed E-state index contributed by atoms with van der Waals surface area (Å²) in [6.45, 7) is 3.09. The largest absolute Gasteiger partial charge is 0.490 e. The average Bonchev–Trinajstić information content (AvgIpc) is 2.76. The van der Waals surface area contributed by atoms with Gasteiger partial charge in [0.05, 0.1) is 0 Å². The molecule has 0 spiro atoms. The number of benzene rings is 2. The number of hydrogen-bond acceptors (Lipinski definition) is 7. The van der Waals surface area contributed by atoms with E-state index in [1.165, 1.54) is 13.3 Å². The predicted molar refractivity (Wildman–Crippen MR) is 124 cm³/mol. The molecular formula is C22H23BrN6O2. The van der Waals surface area contributed by atoms with Crippen LogP contribution in [0.25, 0.3) is 0 Å². The van der Waals surface area contributed by atoms with Crippen molar-refractivity contribution in [3.05, 3.63) is 59.3 Å². The van der Waals surface area contributed by atoms with Crippen molar-refractivity contribution in [3.8, 4) is 5.75 Å². The molecule has 0 atom stereocenters. The van der Waals surface area contributed by atoms with E-state index in [4.69, 9.17) is 4.74 Å². The van der Waals surface area contributed by atoms with Gasteiger partial charge >= 0.3 is 0 Å². The minimum Gasteiger partial charge on any atom is -0.490 e. The summed E-state index contributed by atoms with van der Waals surface area (Å²) in [6.07, 6.45) is 3.47. The van der Waals surface area contributed by atoms with Crippen molar-refractivity contribution in [1.82, 2.24) is 15.0 Å². The molecule has 2 aromatic carbocycles. The zero-order valence-corrected chi connectivity index (χ0v) is 18.7.